The van der Waals surface area contributed by atoms with Gasteiger partial charge in [-0.2, -0.15) is 5.09 Å². The van der Waals surface area contributed by atoms with Crippen molar-refractivity contribution in [3.63, 3.8) is 0 Å². The second kappa shape index (κ2) is 42.4. The zero-order valence-corrected chi connectivity index (χ0v) is 56.6. The smallest absolute Gasteiger partial charge is 0.458 e. The molecule has 0 saturated carbocycles. The van der Waals surface area contributed by atoms with Crippen molar-refractivity contribution >= 4 is 37.3 Å². The van der Waals surface area contributed by atoms with E-state index >= 15 is 0 Å². The van der Waals surface area contributed by atoms with E-state index in [-0.39, 0.29) is 105 Å². The van der Waals surface area contributed by atoms with E-state index in [0.717, 1.165) is 12.8 Å². The molecular formula is C61H113ClN3O20P. The van der Waals surface area contributed by atoms with Gasteiger partial charge in [0.2, 0.25) is 0 Å². The van der Waals surface area contributed by atoms with Crippen LogP contribution in [0, 0.1) is 29.6 Å². The normalized spacial score (nSPS) is 32.7. The molecule has 0 spiro atoms. The maximum Gasteiger partial charge on any atom is 0.459 e. The maximum absolute atomic E-state index is 13.1. The number of fused-ring (bicyclic) bond motifs is 1. The summed E-state index contributed by atoms with van der Waals surface area (Å²) in [5.41, 5.74) is 5.42. The first-order chi connectivity index (χ1) is 40.6. The fraction of sp³-hybridized carbons (Fsp3) is 0.852. The van der Waals surface area contributed by atoms with Crippen molar-refractivity contribution in [2.75, 3.05) is 60.7 Å². The van der Waals surface area contributed by atoms with Gasteiger partial charge in [0.05, 0.1) is 75.8 Å². The number of aliphatic hydroxyl groups is 4. The Bertz CT molecular complexity index is 2030. The summed E-state index contributed by atoms with van der Waals surface area (Å²) in [5, 5.41) is 42.3. The number of halogens is 1. The first-order valence-electron chi connectivity index (χ1n) is 30.6. The zero-order chi connectivity index (χ0) is 65.6. The third-order valence-electron chi connectivity index (χ3n) is 15.0. The van der Waals surface area contributed by atoms with E-state index in [4.69, 9.17) is 72.4 Å². The average molecular weight is 1280 g/mol. The molecular weight excluding hydrogens is 1160 g/mol. The number of para-hydroxylation sites is 1. The van der Waals surface area contributed by atoms with Gasteiger partial charge in [0.1, 0.15) is 72.7 Å². The molecule has 6 fully saturated rings. The van der Waals surface area contributed by atoms with Gasteiger partial charge >= 0.3 is 25.7 Å². The molecule has 7 rings (SSSR count). The first-order valence-corrected chi connectivity index (χ1v) is 32.9. The molecule has 4 unspecified atom stereocenters. The van der Waals surface area contributed by atoms with Gasteiger partial charge in [0, 0.05) is 52.7 Å². The third kappa shape index (κ3) is 27.8. The molecule has 1 aromatic rings. The Balaban J connectivity index is 0.000000545. The van der Waals surface area contributed by atoms with Crippen LogP contribution in [0.2, 0.25) is 0 Å². The average Bonchev–Trinajstić information content (AvgIpc) is 2.83. The molecule has 8 N–H and O–H groups in total. The van der Waals surface area contributed by atoms with Crippen molar-refractivity contribution in [2.24, 2.45) is 35.3 Å². The minimum atomic E-state index is -3.75. The van der Waals surface area contributed by atoms with Crippen LogP contribution in [0.5, 0.6) is 5.75 Å². The molecule has 86 heavy (non-hydrogen) atoms. The van der Waals surface area contributed by atoms with Crippen molar-refractivity contribution in [1.29, 1.82) is 0 Å². The summed E-state index contributed by atoms with van der Waals surface area (Å²) in [6.45, 7) is 30.4. The molecule has 6 heterocycles. The van der Waals surface area contributed by atoms with Gasteiger partial charge in [-0.1, -0.05) is 101 Å². The molecule has 6 aliphatic heterocycles. The van der Waals surface area contributed by atoms with E-state index in [1.165, 1.54) is 6.38 Å². The monoisotopic (exact) mass is 1270 g/mol. The van der Waals surface area contributed by atoms with E-state index in [1.807, 2.05) is 47.6 Å². The number of carbonyl (C=O) groups is 3. The summed E-state index contributed by atoms with van der Waals surface area (Å²) in [6.07, 6.45) is 1.94. The van der Waals surface area contributed by atoms with Crippen molar-refractivity contribution < 1.29 is 95.8 Å². The van der Waals surface area contributed by atoms with Crippen LogP contribution >= 0.6 is 19.3 Å². The Kier molecular flexibility index (Phi) is 40.1. The summed E-state index contributed by atoms with van der Waals surface area (Å²) in [4.78, 5) is 35.4. The summed E-state index contributed by atoms with van der Waals surface area (Å²) in [6, 6.07) is 6.92. The Labute approximate surface area is 519 Å². The van der Waals surface area contributed by atoms with Gasteiger partial charge in [-0.25, -0.2) is 4.57 Å². The van der Waals surface area contributed by atoms with Crippen molar-refractivity contribution in [3.05, 3.63) is 30.3 Å². The second-order valence-corrected chi connectivity index (χ2v) is 25.3. The van der Waals surface area contributed by atoms with E-state index < -0.39 is 56.2 Å². The van der Waals surface area contributed by atoms with Crippen LogP contribution in [-0.4, -0.2) is 209 Å². The quantitative estimate of drug-likeness (QED) is 0.0345. The number of rotatable bonds is 18. The summed E-state index contributed by atoms with van der Waals surface area (Å²) < 4.78 is 78.9. The lowest BCUT2D eigenvalue weighted by atomic mass is 10.0. The van der Waals surface area contributed by atoms with E-state index in [9.17, 15) is 29.2 Å². The molecule has 1 aromatic carbocycles. The fourth-order valence-electron chi connectivity index (χ4n) is 9.43. The van der Waals surface area contributed by atoms with Crippen LogP contribution in [0.3, 0.4) is 0 Å². The highest BCUT2D eigenvalue weighted by Crippen LogP contribution is 2.47. The Morgan fingerprint density at radius 3 is 1.51 bits per heavy atom. The van der Waals surface area contributed by atoms with Crippen LogP contribution in [0.4, 0.5) is 0 Å². The first kappa shape index (κ1) is 81.4. The van der Waals surface area contributed by atoms with Gasteiger partial charge in [-0.05, 0) is 69.5 Å². The lowest BCUT2D eigenvalue weighted by molar-refractivity contribution is -0.155. The molecule has 0 aromatic heterocycles. The van der Waals surface area contributed by atoms with Crippen LogP contribution in [0.1, 0.15) is 136 Å². The van der Waals surface area contributed by atoms with Gasteiger partial charge < -0.3 is 83.4 Å². The summed E-state index contributed by atoms with van der Waals surface area (Å²) in [5.74, 6) is 1.14. The molecule has 6 aliphatic rings. The molecule has 0 aliphatic carbocycles. The number of carbonyl (C=O) groups excluding carboxylic acids is 3. The van der Waals surface area contributed by atoms with Crippen molar-refractivity contribution in [2.45, 2.75) is 246 Å². The number of hydrogen-bond acceptors (Lipinski definition) is 22. The largest absolute Gasteiger partial charge is 0.459 e. The molecule has 6 saturated heterocycles. The number of nitrogens with two attached hydrogens (primary N) is 1. The lowest BCUT2D eigenvalue weighted by Gasteiger charge is -2.22. The van der Waals surface area contributed by atoms with Crippen molar-refractivity contribution in [3.8, 4) is 5.75 Å². The fourth-order valence-corrected chi connectivity index (χ4v) is 10.9. The van der Waals surface area contributed by atoms with E-state index in [1.54, 1.807) is 66.3 Å². The maximum atomic E-state index is 13.1. The lowest BCUT2D eigenvalue weighted by Crippen LogP contribution is -2.38. The van der Waals surface area contributed by atoms with Gasteiger partial charge in [0.15, 0.2) is 0 Å². The van der Waals surface area contributed by atoms with Crippen molar-refractivity contribution in [1.82, 2.24) is 10.4 Å². The highest BCUT2D eigenvalue weighted by Gasteiger charge is 2.45. The van der Waals surface area contributed by atoms with Crippen LogP contribution in [0.25, 0.3) is 0 Å². The summed E-state index contributed by atoms with van der Waals surface area (Å²) in [7, 11) is 1.24. The Hall–Kier alpha value is -2.65. The predicted octanol–water partition coefficient (Wildman–Crippen LogP) is 6.77. The molecule has 504 valence electrons. The number of alkyl halides is 1. The minimum absolute atomic E-state index is 0.0188. The number of hydrogen-bond donors (Lipinski definition) is 7. The SMILES string of the molecule is CC.CC(C)[C@H]1CC(OC(=O)[C@H](C)N)[C@@H](CO)O1.CC(C)[C@H]1CC2OC(=O)[C@H](C)NP(=O)(Oc3ccccc3)OC[C@H]2O1.CC(C)[C@H]1C[C@H](O)[C@@H](CO)O1.CCl.CN[C@@H](C)C(=O)OC1C[C@H](C(C)C)O[C@@H]1COC.COC[C@H]1O[C@@H](C(C)C)C[C@@H]1O. The van der Waals surface area contributed by atoms with Crippen LogP contribution < -0.4 is 20.7 Å². The molecule has 19 atom stereocenters. The Morgan fingerprint density at radius 2 is 1.07 bits per heavy atom. The van der Waals surface area contributed by atoms with Gasteiger partial charge in [-0.3, -0.25) is 18.9 Å². The number of esters is 3. The number of aliphatic hydroxyl groups excluding tert-OH is 4. The minimum Gasteiger partial charge on any atom is -0.458 e. The van der Waals surface area contributed by atoms with Crippen LogP contribution in [-0.2, 0) is 70.8 Å². The third-order valence-corrected chi connectivity index (χ3v) is 16.6. The number of ether oxygens (including phenoxy) is 10. The molecule has 0 radical (unpaired) electrons. The topological polar surface area (TPSA) is 310 Å². The number of likely N-dealkylation sites (N-methyl/N-ethyl adjacent to an activating group) is 1. The molecule has 0 bridgehead atoms. The summed E-state index contributed by atoms with van der Waals surface area (Å²) >= 11 is 4.64. The standard InChI is InChI=1S/C17H24NO6P.C13H25NO4.C11H21NO4.C9H18O3.C8H16O3.C2H6.CH3Cl/c1-11(2)14-9-15-16(22-14)10-21-25(20,18-12(3)17(19)23-15)24-13-7-5-4-6-8-13;1-8(2)10-6-11(12(17-10)7-16-5)18-13(15)9(3)14-4;1-6(2)8-4-9(10(5-13)15-8)16-11(14)7(3)12;1-6(2)8-4-7(10)9(12-8)5-11-3;1-5(2)7-3-6(10)8(4-9)11-7;2*1-2/h4-8,11-12,14-16H,9-10H2,1-3H3,(H,18,20);8-12,14H,6-7H2,1-5H3;6-10,13H,4-5,12H2,1-3H3;6-10H,4-5H2,1-3H3;5-10H,3-4H2,1-2H3;1-2H3;1H3/t12-,14+,15?,16+,25?;9-,10+,11?,12+;7-,8+,9?,10+;7-,8+,9+;6-,7+,8+;;/m00000../s1. The second-order valence-electron chi connectivity index (χ2n) is 23.6. The number of methoxy groups -OCH3 is 2. The Morgan fingerprint density at radius 1 is 0.651 bits per heavy atom. The van der Waals surface area contributed by atoms with E-state index in [2.05, 4.69) is 63.5 Å². The highest BCUT2D eigenvalue weighted by atomic mass is 35.5. The molecule has 0 amide bonds. The molecule has 23 nitrogen and oxygen atoms in total. The highest BCUT2D eigenvalue weighted by molar-refractivity contribution is 7.52. The van der Waals surface area contributed by atoms with Gasteiger partial charge in [-0.15, -0.1) is 11.6 Å². The number of nitrogens with one attached hydrogen (secondary N) is 2. The molecule has 25 heteroatoms. The van der Waals surface area contributed by atoms with Crippen LogP contribution in [0.15, 0.2) is 30.3 Å². The van der Waals surface area contributed by atoms with E-state index in [0.29, 0.717) is 61.9 Å². The predicted molar refractivity (Wildman–Crippen MR) is 329 cm³/mol. The van der Waals surface area contributed by atoms with Gasteiger partial charge in [0.25, 0.3) is 0 Å². The zero-order valence-electron chi connectivity index (χ0n) is 55.0. The number of benzene rings is 1.